The van der Waals surface area contributed by atoms with Gasteiger partial charge in [-0.1, -0.05) is 12.2 Å². The fourth-order valence-corrected chi connectivity index (χ4v) is 1.10. The lowest BCUT2D eigenvalue weighted by molar-refractivity contribution is -0.122. The number of hydrogen-bond acceptors (Lipinski definition) is 3. The summed E-state index contributed by atoms with van der Waals surface area (Å²) in [4.78, 5) is 21.5. The monoisotopic (exact) mass is 214 g/mol. The Morgan fingerprint density at radius 2 is 1.93 bits per heavy atom. The third-order valence-electron chi connectivity index (χ3n) is 1.76. The maximum atomic E-state index is 10.8. The van der Waals surface area contributed by atoms with Gasteiger partial charge in [-0.25, -0.2) is 0 Å². The molecule has 0 bridgehead atoms. The van der Waals surface area contributed by atoms with Crippen LogP contribution in [0.1, 0.15) is 20.8 Å². The van der Waals surface area contributed by atoms with Crippen LogP contribution < -0.4 is 10.6 Å². The number of carbonyl (C=O) groups is 2. The van der Waals surface area contributed by atoms with E-state index in [-0.39, 0.29) is 18.4 Å². The van der Waals surface area contributed by atoms with Gasteiger partial charge in [0.1, 0.15) is 0 Å². The van der Waals surface area contributed by atoms with Crippen LogP contribution >= 0.6 is 0 Å². The van der Waals surface area contributed by atoms with Crippen LogP contribution in [0.4, 0.5) is 0 Å². The highest BCUT2D eigenvalue weighted by molar-refractivity contribution is 5.74. The van der Waals surface area contributed by atoms with Crippen molar-refractivity contribution in [1.82, 2.24) is 10.6 Å². The van der Waals surface area contributed by atoms with Gasteiger partial charge in [0.2, 0.25) is 11.8 Å². The Morgan fingerprint density at radius 1 is 1.33 bits per heavy atom. The Balaban J connectivity index is 4.28. The summed E-state index contributed by atoms with van der Waals surface area (Å²) in [5, 5.41) is 14.7. The second kappa shape index (κ2) is 7.00. The van der Waals surface area contributed by atoms with Crippen molar-refractivity contribution in [1.29, 1.82) is 0 Å². The molecule has 5 nitrogen and oxygen atoms in total. The molecule has 2 amide bonds. The van der Waals surface area contributed by atoms with E-state index in [1.807, 2.05) is 0 Å². The molecule has 0 unspecified atom stereocenters. The van der Waals surface area contributed by atoms with Crippen LogP contribution in [0.3, 0.4) is 0 Å². The van der Waals surface area contributed by atoms with E-state index in [9.17, 15) is 14.7 Å². The van der Waals surface area contributed by atoms with Crippen LogP contribution in [0.25, 0.3) is 0 Å². The molecule has 0 radical (unpaired) electrons. The first kappa shape index (κ1) is 13.6. The number of nitrogens with one attached hydrogen (secondary N) is 2. The van der Waals surface area contributed by atoms with Crippen LogP contribution in [0.15, 0.2) is 12.2 Å². The van der Waals surface area contributed by atoms with E-state index >= 15 is 0 Å². The van der Waals surface area contributed by atoms with Crippen molar-refractivity contribution in [2.24, 2.45) is 0 Å². The largest absolute Gasteiger partial charge is 0.387 e. The molecule has 15 heavy (non-hydrogen) atoms. The Kier molecular flexibility index (Phi) is 6.37. The third kappa shape index (κ3) is 6.68. The second-order valence-corrected chi connectivity index (χ2v) is 3.26. The lowest BCUT2D eigenvalue weighted by Gasteiger charge is -2.21. The standard InChI is InChI=1S/C10H18N2O3/c1-4-5-10(15)9(12-8(3)14)6-11-7(2)13/h4-5,9-10,15H,6H2,1-3H3,(H,11,13)(H,12,14)/b5-4+/t9-,10+/m0/s1. The number of aliphatic hydroxyl groups is 1. The molecule has 0 saturated heterocycles. The molecule has 0 aromatic heterocycles. The van der Waals surface area contributed by atoms with Gasteiger partial charge in [0.05, 0.1) is 12.1 Å². The zero-order valence-corrected chi connectivity index (χ0v) is 9.28. The zero-order chi connectivity index (χ0) is 11.8. The summed E-state index contributed by atoms with van der Waals surface area (Å²) in [5.41, 5.74) is 0. The van der Waals surface area contributed by atoms with Crippen LogP contribution in [0.2, 0.25) is 0 Å². The maximum Gasteiger partial charge on any atom is 0.217 e. The zero-order valence-electron chi connectivity index (χ0n) is 9.28. The molecule has 0 spiro atoms. The predicted molar refractivity (Wildman–Crippen MR) is 57.1 cm³/mol. The Morgan fingerprint density at radius 3 is 2.33 bits per heavy atom. The van der Waals surface area contributed by atoms with Gasteiger partial charge in [0.15, 0.2) is 0 Å². The average molecular weight is 214 g/mol. The Labute approximate surface area is 89.6 Å². The minimum atomic E-state index is -0.800. The third-order valence-corrected chi connectivity index (χ3v) is 1.76. The summed E-state index contributed by atoms with van der Waals surface area (Å²) < 4.78 is 0. The Bertz CT molecular complexity index is 251. The summed E-state index contributed by atoms with van der Waals surface area (Å²) >= 11 is 0. The van der Waals surface area contributed by atoms with Crippen molar-refractivity contribution in [2.75, 3.05) is 6.54 Å². The smallest absolute Gasteiger partial charge is 0.217 e. The fourth-order valence-electron chi connectivity index (χ4n) is 1.10. The first-order valence-electron chi connectivity index (χ1n) is 4.79. The first-order valence-corrected chi connectivity index (χ1v) is 4.79. The van der Waals surface area contributed by atoms with E-state index in [0.29, 0.717) is 0 Å². The van der Waals surface area contributed by atoms with Gasteiger partial charge in [0.25, 0.3) is 0 Å². The van der Waals surface area contributed by atoms with E-state index in [1.54, 1.807) is 19.1 Å². The lowest BCUT2D eigenvalue weighted by Crippen LogP contribution is -2.48. The van der Waals surface area contributed by atoms with E-state index in [4.69, 9.17) is 0 Å². The van der Waals surface area contributed by atoms with Gasteiger partial charge >= 0.3 is 0 Å². The van der Waals surface area contributed by atoms with Gasteiger partial charge in [-0.2, -0.15) is 0 Å². The van der Waals surface area contributed by atoms with Crippen LogP contribution in [-0.4, -0.2) is 35.6 Å². The average Bonchev–Trinajstić information content (AvgIpc) is 2.11. The molecule has 0 fully saturated rings. The van der Waals surface area contributed by atoms with Crippen molar-refractivity contribution in [3.8, 4) is 0 Å². The predicted octanol–water partition coefficient (Wildman–Crippen LogP) is -0.436. The Hall–Kier alpha value is -1.36. The van der Waals surface area contributed by atoms with Gasteiger partial charge in [0, 0.05) is 20.4 Å². The maximum absolute atomic E-state index is 10.8. The second-order valence-electron chi connectivity index (χ2n) is 3.26. The van der Waals surface area contributed by atoms with Gasteiger partial charge < -0.3 is 15.7 Å². The molecule has 0 aliphatic carbocycles. The van der Waals surface area contributed by atoms with E-state index < -0.39 is 12.1 Å². The summed E-state index contributed by atoms with van der Waals surface area (Å²) in [6.45, 7) is 4.73. The van der Waals surface area contributed by atoms with Crippen molar-refractivity contribution in [3.63, 3.8) is 0 Å². The van der Waals surface area contributed by atoms with E-state index in [2.05, 4.69) is 10.6 Å². The SMILES string of the molecule is C/C=C/[C@@H](O)[C@H](CNC(C)=O)NC(C)=O. The van der Waals surface area contributed by atoms with Crippen LogP contribution in [-0.2, 0) is 9.59 Å². The molecule has 0 aliphatic heterocycles. The van der Waals surface area contributed by atoms with Crippen LogP contribution in [0.5, 0.6) is 0 Å². The minimum absolute atomic E-state index is 0.196. The number of allylic oxidation sites excluding steroid dienone is 1. The molecule has 2 atom stereocenters. The van der Waals surface area contributed by atoms with Crippen molar-refractivity contribution < 1.29 is 14.7 Å². The molecule has 0 heterocycles. The molecule has 0 aromatic carbocycles. The number of carbonyl (C=O) groups excluding carboxylic acids is 2. The summed E-state index contributed by atoms with van der Waals surface area (Å²) in [6.07, 6.45) is 2.45. The minimum Gasteiger partial charge on any atom is -0.387 e. The van der Waals surface area contributed by atoms with E-state index in [0.717, 1.165) is 0 Å². The quantitative estimate of drug-likeness (QED) is 0.543. The van der Waals surface area contributed by atoms with Crippen molar-refractivity contribution in [2.45, 2.75) is 32.9 Å². The van der Waals surface area contributed by atoms with Gasteiger partial charge in [-0.3, -0.25) is 9.59 Å². The van der Waals surface area contributed by atoms with Crippen molar-refractivity contribution in [3.05, 3.63) is 12.2 Å². The first-order chi connectivity index (χ1) is 6.97. The number of amides is 2. The topological polar surface area (TPSA) is 78.4 Å². The van der Waals surface area contributed by atoms with Gasteiger partial charge in [-0.15, -0.1) is 0 Å². The highest BCUT2D eigenvalue weighted by atomic mass is 16.3. The molecular weight excluding hydrogens is 196 g/mol. The lowest BCUT2D eigenvalue weighted by atomic mass is 10.1. The number of rotatable bonds is 5. The number of aliphatic hydroxyl groups excluding tert-OH is 1. The highest BCUT2D eigenvalue weighted by Gasteiger charge is 2.17. The molecule has 0 rings (SSSR count). The van der Waals surface area contributed by atoms with E-state index in [1.165, 1.54) is 13.8 Å². The molecule has 0 saturated carbocycles. The summed E-state index contributed by atoms with van der Waals surface area (Å²) in [6, 6.07) is -0.498. The molecule has 5 heteroatoms. The summed E-state index contributed by atoms with van der Waals surface area (Å²) in [7, 11) is 0. The number of hydrogen-bond donors (Lipinski definition) is 3. The molecular formula is C10H18N2O3. The highest BCUT2D eigenvalue weighted by Crippen LogP contribution is 1.95. The molecule has 3 N–H and O–H groups in total. The van der Waals surface area contributed by atoms with Crippen LogP contribution in [0, 0.1) is 0 Å². The van der Waals surface area contributed by atoms with Gasteiger partial charge in [-0.05, 0) is 6.92 Å². The molecule has 0 aliphatic rings. The van der Waals surface area contributed by atoms with Crippen molar-refractivity contribution >= 4 is 11.8 Å². The summed E-state index contributed by atoms with van der Waals surface area (Å²) in [5.74, 6) is -0.438. The normalized spacial score (nSPS) is 14.7. The molecule has 86 valence electrons. The molecule has 0 aromatic rings. The fraction of sp³-hybridized carbons (Fsp3) is 0.600.